The number of hydrogen-bond donors (Lipinski definition) is 2. The lowest BCUT2D eigenvalue weighted by molar-refractivity contribution is 0.0661. The molecule has 114 valence electrons. The van der Waals surface area contributed by atoms with Crippen LogP contribution in [0.4, 0.5) is 0 Å². The van der Waals surface area contributed by atoms with Crippen LogP contribution in [0.5, 0.6) is 0 Å². The van der Waals surface area contributed by atoms with E-state index in [0.717, 1.165) is 12.2 Å². The predicted octanol–water partition coefficient (Wildman–Crippen LogP) is -0.0934. The molecule has 0 bridgehead atoms. The Bertz CT molecular complexity index is 438. The van der Waals surface area contributed by atoms with Gasteiger partial charge < -0.3 is 20.5 Å². The molecule has 1 fully saturated rings. The minimum absolute atomic E-state index is 0. The third-order valence-electron chi connectivity index (χ3n) is 2.97. The Morgan fingerprint density at radius 1 is 1.65 bits per heavy atom. The number of nitrogens with one attached hydrogen (secondary N) is 1. The van der Waals surface area contributed by atoms with Crippen molar-refractivity contribution >= 4 is 29.9 Å². The molecule has 0 saturated carbocycles. The smallest absolute Gasteiger partial charge is 0.188 e. The Balaban J connectivity index is 0.00000200. The molecule has 8 nitrogen and oxygen atoms in total. The van der Waals surface area contributed by atoms with Gasteiger partial charge in [-0.15, -0.1) is 29.1 Å². The van der Waals surface area contributed by atoms with Crippen molar-refractivity contribution in [2.24, 2.45) is 10.7 Å². The number of rotatable bonds is 5. The van der Waals surface area contributed by atoms with E-state index in [0.29, 0.717) is 25.7 Å². The molecule has 2 atom stereocenters. The zero-order valence-corrected chi connectivity index (χ0v) is 14.0. The normalized spacial score (nSPS) is 22.6. The third kappa shape index (κ3) is 4.28. The van der Waals surface area contributed by atoms with Crippen LogP contribution < -0.4 is 11.1 Å². The first-order valence-electron chi connectivity index (χ1n) is 6.29. The molecule has 0 aromatic carbocycles. The predicted molar refractivity (Wildman–Crippen MR) is 85.1 cm³/mol. The van der Waals surface area contributed by atoms with Crippen molar-refractivity contribution in [2.45, 2.75) is 25.6 Å². The Hall–Kier alpha value is -0.940. The molecule has 0 spiro atoms. The fourth-order valence-electron chi connectivity index (χ4n) is 1.95. The van der Waals surface area contributed by atoms with Gasteiger partial charge in [0.05, 0.1) is 26.0 Å². The summed E-state index contributed by atoms with van der Waals surface area (Å²) in [6.45, 7) is 4.29. The number of aromatic nitrogens is 3. The van der Waals surface area contributed by atoms with Gasteiger partial charge in [0.2, 0.25) is 0 Å². The Morgan fingerprint density at radius 3 is 3.15 bits per heavy atom. The lowest BCUT2D eigenvalue weighted by Crippen LogP contribution is -2.31. The minimum atomic E-state index is 0. The topological polar surface area (TPSA) is 99.6 Å². The summed E-state index contributed by atoms with van der Waals surface area (Å²) in [5, 5.41) is 11.1. The molecule has 3 N–H and O–H groups in total. The maximum Gasteiger partial charge on any atom is 0.188 e. The maximum atomic E-state index is 5.65. The van der Waals surface area contributed by atoms with Crippen LogP contribution in [-0.2, 0) is 16.0 Å². The molecule has 0 aliphatic carbocycles. The van der Waals surface area contributed by atoms with Gasteiger partial charge in [-0.2, -0.15) is 0 Å². The number of guanidine groups is 1. The average molecular weight is 396 g/mol. The number of aliphatic imine (C=N–C) groups is 1. The lowest BCUT2D eigenvalue weighted by Gasteiger charge is -2.15. The van der Waals surface area contributed by atoms with Gasteiger partial charge in [0.25, 0.3) is 0 Å². The van der Waals surface area contributed by atoms with E-state index < -0.39 is 0 Å². The monoisotopic (exact) mass is 396 g/mol. The summed E-state index contributed by atoms with van der Waals surface area (Å²) < 4.78 is 12.5. The van der Waals surface area contributed by atoms with Crippen LogP contribution in [0, 0.1) is 0 Å². The summed E-state index contributed by atoms with van der Waals surface area (Å²) in [6, 6.07) is 0.0707. The molecular formula is C11H21IN6O2. The number of nitrogens with zero attached hydrogens (tertiary/aromatic N) is 4. The summed E-state index contributed by atoms with van der Waals surface area (Å²) in [6.07, 6.45) is 1.87. The van der Waals surface area contributed by atoms with E-state index in [4.69, 9.17) is 15.2 Å². The number of halogens is 1. The number of hydrogen-bond acceptors (Lipinski definition) is 5. The van der Waals surface area contributed by atoms with E-state index in [1.165, 1.54) is 0 Å². The van der Waals surface area contributed by atoms with E-state index in [2.05, 4.69) is 20.6 Å². The zero-order chi connectivity index (χ0) is 13.7. The molecule has 2 rings (SSSR count). The third-order valence-corrected chi connectivity index (χ3v) is 2.97. The molecule has 0 amide bonds. The molecule has 1 aliphatic rings. The second kappa shape index (κ2) is 8.37. The summed E-state index contributed by atoms with van der Waals surface area (Å²) in [4.78, 5) is 4.17. The second-order valence-electron chi connectivity index (χ2n) is 4.30. The summed E-state index contributed by atoms with van der Waals surface area (Å²) in [7, 11) is 1.67. The Kier molecular flexibility index (Phi) is 7.16. The maximum absolute atomic E-state index is 5.65. The molecule has 1 saturated heterocycles. The van der Waals surface area contributed by atoms with Gasteiger partial charge in [0, 0.05) is 13.7 Å². The number of ether oxygens (including phenoxy) is 2. The Morgan fingerprint density at radius 2 is 2.45 bits per heavy atom. The van der Waals surface area contributed by atoms with Crippen molar-refractivity contribution in [1.29, 1.82) is 0 Å². The molecular weight excluding hydrogens is 375 g/mol. The highest BCUT2D eigenvalue weighted by atomic mass is 127. The van der Waals surface area contributed by atoms with Crippen LogP contribution in [0.1, 0.15) is 18.7 Å². The van der Waals surface area contributed by atoms with Gasteiger partial charge in [0.15, 0.2) is 5.96 Å². The van der Waals surface area contributed by atoms with Gasteiger partial charge >= 0.3 is 0 Å². The van der Waals surface area contributed by atoms with Gasteiger partial charge in [-0.05, 0) is 6.92 Å². The fraction of sp³-hybridized carbons (Fsp3) is 0.727. The highest BCUT2D eigenvalue weighted by molar-refractivity contribution is 14.0. The molecule has 9 heteroatoms. The van der Waals surface area contributed by atoms with Crippen molar-refractivity contribution < 1.29 is 9.47 Å². The Labute approximate surface area is 135 Å². The second-order valence-corrected chi connectivity index (χ2v) is 4.30. The van der Waals surface area contributed by atoms with Crippen LogP contribution in [0.2, 0.25) is 0 Å². The number of nitrogens with two attached hydrogens (primary N) is 1. The fourth-order valence-corrected chi connectivity index (χ4v) is 1.95. The average Bonchev–Trinajstić information content (AvgIpc) is 3.05. The standard InChI is InChI=1S/C11H20N6O2.HI/c1-3-13-11(12)14-4-8-5-17(16-15-8)9-6-19-7-10(9)18-2;/h5,9-10H,3-4,6-7H2,1-2H3,(H3,12,13,14);1H/t9-,10-;/m1./s1. The summed E-state index contributed by atoms with van der Waals surface area (Å²) >= 11 is 0. The van der Waals surface area contributed by atoms with Crippen molar-refractivity contribution in [1.82, 2.24) is 20.3 Å². The lowest BCUT2D eigenvalue weighted by atomic mass is 10.2. The highest BCUT2D eigenvalue weighted by Gasteiger charge is 2.30. The van der Waals surface area contributed by atoms with Gasteiger partial charge in [-0.25, -0.2) is 9.67 Å². The van der Waals surface area contributed by atoms with E-state index in [-0.39, 0.29) is 36.1 Å². The molecule has 1 aliphatic heterocycles. The van der Waals surface area contributed by atoms with Gasteiger partial charge in [0.1, 0.15) is 17.8 Å². The molecule has 2 heterocycles. The van der Waals surface area contributed by atoms with Crippen molar-refractivity contribution in [3.05, 3.63) is 11.9 Å². The first-order valence-corrected chi connectivity index (χ1v) is 6.29. The van der Waals surface area contributed by atoms with Gasteiger partial charge in [-0.1, -0.05) is 5.21 Å². The van der Waals surface area contributed by atoms with E-state index in [1.54, 1.807) is 11.8 Å². The van der Waals surface area contributed by atoms with Crippen LogP contribution >= 0.6 is 24.0 Å². The molecule has 20 heavy (non-hydrogen) atoms. The van der Waals surface area contributed by atoms with Crippen molar-refractivity contribution in [3.8, 4) is 0 Å². The van der Waals surface area contributed by atoms with E-state index >= 15 is 0 Å². The first-order chi connectivity index (χ1) is 9.24. The van der Waals surface area contributed by atoms with Crippen molar-refractivity contribution in [3.63, 3.8) is 0 Å². The zero-order valence-electron chi connectivity index (χ0n) is 11.7. The van der Waals surface area contributed by atoms with Crippen LogP contribution in [0.3, 0.4) is 0 Å². The van der Waals surface area contributed by atoms with Crippen LogP contribution in [0.15, 0.2) is 11.2 Å². The molecule has 0 radical (unpaired) electrons. The summed E-state index contributed by atoms with van der Waals surface area (Å²) in [5.74, 6) is 0.413. The largest absolute Gasteiger partial charge is 0.377 e. The van der Waals surface area contributed by atoms with E-state index in [9.17, 15) is 0 Å². The van der Waals surface area contributed by atoms with Crippen LogP contribution in [-0.4, -0.2) is 53.9 Å². The van der Waals surface area contributed by atoms with Crippen molar-refractivity contribution in [2.75, 3.05) is 26.9 Å². The van der Waals surface area contributed by atoms with Gasteiger partial charge in [-0.3, -0.25) is 0 Å². The minimum Gasteiger partial charge on any atom is -0.377 e. The quantitative estimate of drug-likeness (QED) is 0.410. The van der Waals surface area contributed by atoms with E-state index in [1.807, 2.05) is 13.1 Å². The molecule has 0 unspecified atom stereocenters. The number of methoxy groups -OCH3 is 1. The first kappa shape index (κ1) is 17.1. The molecule has 1 aromatic rings. The SMILES string of the molecule is CCNC(N)=NCc1cn([C@@H]2COC[C@H]2OC)nn1.I. The summed E-state index contributed by atoms with van der Waals surface area (Å²) in [5.41, 5.74) is 6.41. The molecule has 1 aromatic heterocycles. The van der Waals surface area contributed by atoms with Crippen LogP contribution in [0.25, 0.3) is 0 Å². The highest BCUT2D eigenvalue weighted by Crippen LogP contribution is 2.21.